The topological polar surface area (TPSA) is 124 Å². The molecule has 154 valence electrons. The molecule has 1 amide bonds. The third-order valence-electron chi connectivity index (χ3n) is 5.17. The first-order valence-electron chi connectivity index (χ1n) is 9.54. The molecule has 10 nitrogen and oxygen atoms in total. The van der Waals surface area contributed by atoms with E-state index in [1.165, 1.54) is 4.90 Å². The Morgan fingerprint density at radius 1 is 1.41 bits per heavy atom. The van der Waals surface area contributed by atoms with E-state index in [0.717, 1.165) is 25.1 Å². The summed E-state index contributed by atoms with van der Waals surface area (Å²) < 4.78 is 1.80. The molecule has 0 aliphatic carbocycles. The van der Waals surface area contributed by atoms with Gasteiger partial charge in [0.25, 0.3) is 0 Å². The molecule has 0 saturated carbocycles. The van der Waals surface area contributed by atoms with Gasteiger partial charge in [-0.3, -0.25) is 4.68 Å². The van der Waals surface area contributed by atoms with E-state index in [9.17, 15) is 9.90 Å². The van der Waals surface area contributed by atoms with Crippen LogP contribution in [0.4, 0.5) is 22.2 Å². The molecule has 4 rings (SSSR count). The highest BCUT2D eigenvalue weighted by atomic mass is 35.5. The number of hydrogen-bond donors (Lipinski definition) is 4. The van der Waals surface area contributed by atoms with Crippen molar-refractivity contribution in [2.45, 2.75) is 45.3 Å². The number of fused-ring (bicyclic) bond motifs is 1. The van der Waals surface area contributed by atoms with Crippen molar-refractivity contribution in [2.24, 2.45) is 0 Å². The van der Waals surface area contributed by atoms with Crippen molar-refractivity contribution >= 4 is 46.2 Å². The van der Waals surface area contributed by atoms with Gasteiger partial charge in [0.05, 0.1) is 22.3 Å². The van der Waals surface area contributed by atoms with Crippen LogP contribution < -0.4 is 10.6 Å². The lowest BCUT2D eigenvalue weighted by molar-refractivity contribution is 0.108. The number of amides is 1. The number of aromatic amines is 1. The van der Waals surface area contributed by atoms with Gasteiger partial charge in [-0.05, 0) is 26.7 Å². The van der Waals surface area contributed by atoms with Crippen molar-refractivity contribution < 1.29 is 9.90 Å². The van der Waals surface area contributed by atoms with Crippen LogP contribution in [0.25, 0.3) is 11.0 Å². The lowest BCUT2D eigenvalue weighted by Gasteiger charge is -2.36. The second-order valence-corrected chi connectivity index (χ2v) is 7.58. The van der Waals surface area contributed by atoms with E-state index in [4.69, 9.17) is 11.6 Å². The minimum Gasteiger partial charge on any atom is -0.465 e. The first kappa shape index (κ1) is 19.3. The molecule has 29 heavy (non-hydrogen) atoms. The average Bonchev–Trinajstić information content (AvgIpc) is 3.29. The summed E-state index contributed by atoms with van der Waals surface area (Å²) in [4.78, 5) is 25.1. The Kier molecular flexibility index (Phi) is 5.18. The Hall–Kier alpha value is -3.01. The molecule has 1 aliphatic heterocycles. The molecule has 4 heterocycles. The molecule has 11 heteroatoms. The van der Waals surface area contributed by atoms with E-state index < -0.39 is 6.09 Å². The second kappa shape index (κ2) is 7.78. The highest BCUT2D eigenvalue weighted by Crippen LogP contribution is 2.31. The standard InChI is InChI=1S/C18H23ClN8O2/c1-3-26-8-12(6-21-26)23-17-24-15-14(13(19)7-20-15)16(25-17)22-11-5-4-10(2)27(9-11)18(28)29/h6-8,10-11H,3-5,9H2,1-2H3,(H,28,29)(H3,20,22,23,24,25)/t10-,11+/m0/s1. The molecule has 0 radical (unpaired) electrons. The largest absolute Gasteiger partial charge is 0.465 e. The van der Waals surface area contributed by atoms with Crippen molar-refractivity contribution in [2.75, 3.05) is 17.2 Å². The van der Waals surface area contributed by atoms with Crippen LogP contribution in [0.1, 0.15) is 26.7 Å². The zero-order chi connectivity index (χ0) is 20.5. The number of anilines is 3. The average molecular weight is 419 g/mol. The summed E-state index contributed by atoms with van der Waals surface area (Å²) >= 11 is 6.34. The fourth-order valence-electron chi connectivity index (χ4n) is 3.57. The fraction of sp³-hybridized carbons (Fsp3) is 0.444. The number of nitrogens with one attached hydrogen (secondary N) is 3. The SMILES string of the molecule is CCn1cc(Nc2nc(N[C@@H]3CC[C@H](C)N(C(=O)O)C3)c3c(Cl)c[nH]c3n2)cn1. The lowest BCUT2D eigenvalue weighted by atomic mass is 10.00. The number of piperidine rings is 1. The number of aromatic nitrogens is 5. The molecule has 1 aliphatic rings. The van der Waals surface area contributed by atoms with Crippen LogP contribution in [-0.4, -0.2) is 59.5 Å². The van der Waals surface area contributed by atoms with Crippen LogP contribution in [0.15, 0.2) is 18.6 Å². The van der Waals surface area contributed by atoms with E-state index in [1.807, 2.05) is 20.0 Å². The minimum atomic E-state index is -0.910. The van der Waals surface area contributed by atoms with Gasteiger partial charge in [-0.1, -0.05) is 11.6 Å². The van der Waals surface area contributed by atoms with Gasteiger partial charge in [0.2, 0.25) is 5.95 Å². The molecule has 1 saturated heterocycles. The Morgan fingerprint density at radius 2 is 2.24 bits per heavy atom. The monoisotopic (exact) mass is 418 g/mol. The first-order chi connectivity index (χ1) is 13.9. The highest BCUT2D eigenvalue weighted by molar-refractivity contribution is 6.36. The number of hydrogen-bond acceptors (Lipinski definition) is 6. The van der Waals surface area contributed by atoms with Crippen molar-refractivity contribution in [3.05, 3.63) is 23.6 Å². The number of likely N-dealkylation sites (tertiary alicyclic amines) is 1. The van der Waals surface area contributed by atoms with Gasteiger partial charge < -0.3 is 25.6 Å². The first-order valence-corrected chi connectivity index (χ1v) is 9.92. The molecule has 3 aromatic rings. The normalized spacial score (nSPS) is 19.5. The molecule has 0 spiro atoms. The maximum absolute atomic E-state index is 11.5. The van der Waals surface area contributed by atoms with Gasteiger partial charge in [-0.25, -0.2) is 4.79 Å². The molecule has 0 bridgehead atoms. The number of nitrogens with zero attached hydrogens (tertiary/aromatic N) is 5. The van der Waals surface area contributed by atoms with Crippen LogP contribution in [0.3, 0.4) is 0 Å². The van der Waals surface area contributed by atoms with E-state index in [-0.39, 0.29) is 12.1 Å². The van der Waals surface area contributed by atoms with Crippen LogP contribution >= 0.6 is 11.6 Å². The van der Waals surface area contributed by atoms with E-state index >= 15 is 0 Å². The van der Waals surface area contributed by atoms with Crippen LogP contribution in [0, 0.1) is 0 Å². The summed E-state index contributed by atoms with van der Waals surface area (Å²) in [5.41, 5.74) is 1.37. The molecular formula is C18H23ClN8O2. The van der Waals surface area contributed by atoms with Gasteiger partial charge >= 0.3 is 6.09 Å². The van der Waals surface area contributed by atoms with Crippen LogP contribution in [-0.2, 0) is 6.54 Å². The van der Waals surface area contributed by atoms with Crippen molar-refractivity contribution in [1.82, 2.24) is 29.6 Å². The lowest BCUT2D eigenvalue weighted by Crippen LogP contribution is -2.49. The number of carboxylic acid groups (broad SMARTS) is 1. The highest BCUT2D eigenvalue weighted by Gasteiger charge is 2.29. The molecule has 3 aromatic heterocycles. The summed E-state index contributed by atoms with van der Waals surface area (Å²) in [7, 11) is 0. The number of carbonyl (C=O) groups is 1. The van der Waals surface area contributed by atoms with Gasteiger partial charge in [0.15, 0.2) is 0 Å². The van der Waals surface area contributed by atoms with E-state index in [0.29, 0.717) is 34.4 Å². The number of halogens is 1. The summed E-state index contributed by atoms with van der Waals surface area (Å²) in [5, 5.41) is 21.4. The molecule has 0 aromatic carbocycles. The predicted octanol–water partition coefficient (Wildman–Crippen LogP) is 3.51. The van der Waals surface area contributed by atoms with Gasteiger partial charge in [0, 0.05) is 37.6 Å². The van der Waals surface area contributed by atoms with Crippen molar-refractivity contribution in [3.63, 3.8) is 0 Å². The zero-order valence-corrected chi connectivity index (χ0v) is 16.9. The van der Waals surface area contributed by atoms with Gasteiger partial charge in [-0.2, -0.15) is 15.1 Å². The number of H-pyrrole nitrogens is 1. The van der Waals surface area contributed by atoms with Crippen molar-refractivity contribution in [3.8, 4) is 0 Å². The number of rotatable bonds is 5. The van der Waals surface area contributed by atoms with Crippen molar-refractivity contribution in [1.29, 1.82) is 0 Å². The summed E-state index contributed by atoms with van der Waals surface area (Å²) in [6.07, 6.45) is 5.95. The summed E-state index contributed by atoms with van der Waals surface area (Å²) in [6, 6.07) is -0.0683. The molecule has 0 unspecified atom stereocenters. The Labute approximate surface area is 172 Å². The predicted molar refractivity (Wildman–Crippen MR) is 111 cm³/mol. The molecule has 1 fully saturated rings. The second-order valence-electron chi connectivity index (χ2n) is 7.17. The molecular weight excluding hydrogens is 396 g/mol. The fourth-order valence-corrected chi connectivity index (χ4v) is 3.80. The zero-order valence-electron chi connectivity index (χ0n) is 16.2. The third-order valence-corrected chi connectivity index (χ3v) is 5.46. The Morgan fingerprint density at radius 3 is 2.97 bits per heavy atom. The van der Waals surface area contributed by atoms with Crippen LogP contribution in [0.2, 0.25) is 5.02 Å². The van der Waals surface area contributed by atoms with Crippen LogP contribution in [0.5, 0.6) is 0 Å². The van der Waals surface area contributed by atoms with Gasteiger partial charge in [-0.15, -0.1) is 0 Å². The summed E-state index contributed by atoms with van der Waals surface area (Å²) in [6.45, 7) is 5.08. The summed E-state index contributed by atoms with van der Waals surface area (Å²) in [5.74, 6) is 0.963. The molecule has 2 atom stereocenters. The maximum atomic E-state index is 11.5. The third kappa shape index (κ3) is 3.93. The smallest absolute Gasteiger partial charge is 0.407 e. The molecule has 4 N–H and O–H groups in total. The number of aryl methyl sites for hydroxylation is 1. The van der Waals surface area contributed by atoms with Gasteiger partial charge in [0.1, 0.15) is 11.5 Å². The minimum absolute atomic E-state index is 0.000792. The quantitative estimate of drug-likeness (QED) is 0.499. The van der Waals surface area contributed by atoms with E-state index in [1.54, 1.807) is 17.1 Å². The Bertz CT molecular complexity index is 1030. The van der Waals surface area contributed by atoms with E-state index in [2.05, 4.69) is 30.7 Å². The Balaban J connectivity index is 1.62. The maximum Gasteiger partial charge on any atom is 0.407 e.